The quantitative estimate of drug-likeness (QED) is 0.900. The number of carbonyl (C=O) groups excluding carboxylic acids is 1. The minimum absolute atomic E-state index is 0.0353. The molecule has 1 N–H and O–H groups in total. The first-order chi connectivity index (χ1) is 12.1. The van der Waals surface area contributed by atoms with E-state index in [1.165, 1.54) is 24.3 Å². The van der Waals surface area contributed by atoms with Crippen molar-refractivity contribution in [1.29, 1.82) is 0 Å². The van der Waals surface area contributed by atoms with Crippen LogP contribution < -0.4 is 5.32 Å². The summed E-state index contributed by atoms with van der Waals surface area (Å²) >= 11 is 0. The molecule has 3 nitrogen and oxygen atoms in total. The van der Waals surface area contributed by atoms with Crippen LogP contribution in [0.15, 0.2) is 48.5 Å². The third-order valence-corrected chi connectivity index (χ3v) is 4.58. The van der Waals surface area contributed by atoms with Crippen molar-refractivity contribution in [2.45, 2.75) is 25.9 Å². The van der Waals surface area contributed by atoms with Crippen LogP contribution in [0, 0.1) is 17.6 Å². The van der Waals surface area contributed by atoms with E-state index in [0.29, 0.717) is 13.1 Å². The molecule has 0 aromatic heterocycles. The van der Waals surface area contributed by atoms with Gasteiger partial charge in [-0.15, -0.1) is 0 Å². The Labute approximate surface area is 146 Å². The number of nitrogens with zero attached hydrogens (tertiary/aromatic N) is 1. The van der Waals surface area contributed by atoms with Crippen molar-refractivity contribution in [3.8, 4) is 0 Å². The van der Waals surface area contributed by atoms with E-state index in [4.69, 9.17) is 0 Å². The molecule has 1 amide bonds. The molecule has 0 radical (unpaired) electrons. The lowest BCUT2D eigenvalue weighted by atomic mass is 9.96. The van der Waals surface area contributed by atoms with Crippen molar-refractivity contribution in [2.24, 2.45) is 5.92 Å². The van der Waals surface area contributed by atoms with Crippen LogP contribution in [-0.2, 0) is 17.9 Å². The molecule has 0 bridgehead atoms. The monoisotopic (exact) mass is 344 g/mol. The topological polar surface area (TPSA) is 32.3 Å². The lowest BCUT2D eigenvalue weighted by Crippen LogP contribution is -2.42. The number of likely N-dealkylation sites (tertiary alicyclic amines) is 1. The molecule has 0 saturated carbocycles. The Hall–Kier alpha value is -2.27. The first-order valence-electron chi connectivity index (χ1n) is 8.59. The number of hydrogen-bond acceptors (Lipinski definition) is 2. The predicted molar refractivity (Wildman–Crippen MR) is 92.6 cm³/mol. The van der Waals surface area contributed by atoms with Crippen LogP contribution >= 0.6 is 0 Å². The molecule has 132 valence electrons. The normalized spacial score (nSPS) is 18.1. The van der Waals surface area contributed by atoms with E-state index in [0.717, 1.165) is 37.1 Å². The van der Waals surface area contributed by atoms with Crippen LogP contribution in [-0.4, -0.2) is 23.9 Å². The molecule has 1 aliphatic rings. The van der Waals surface area contributed by atoms with Gasteiger partial charge in [0, 0.05) is 19.6 Å². The number of rotatable bonds is 5. The van der Waals surface area contributed by atoms with E-state index in [9.17, 15) is 13.6 Å². The fourth-order valence-electron chi connectivity index (χ4n) is 3.20. The Kier molecular flexibility index (Phi) is 5.76. The van der Waals surface area contributed by atoms with Gasteiger partial charge in [-0.3, -0.25) is 9.69 Å². The predicted octanol–water partition coefficient (Wildman–Crippen LogP) is 3.49. The van der Waals surface area contributed by atoms with Gasteiger partial charge >= 0.3 is 0 Å². The van der Waals surface area contributed by atoms with Crippen LogP contribution in [0.1, 0.15) is 24.0 Å². The molecular formula is C20H22F2N2O. The van der Waals surface area contributed by atoms with Gasteiger partial charge in [0.15, 0.2) is 0 Å². The van der Waals surface area contributed by atoms with Gasteiger partial charge in [0.25, 0.3) is 0 Å². The van der Waals surface area contributed by atoms with Gasteiger partial charge in [0.05, 0.1) is 5.92 Å². The van der Waals surface area contributed by atoms with E-state index >= 15 is 0 Å². The molecule has 5 heteroatoms. The zero-order chi connectivity index (χ0) is 17.6. The summed E-state index contributed by atoms with van der Waals surface area (Å²) in [6.07, 6.45) is 1.84. The molecular weight excluding hydrogens is 322 g/mol. The molecule has 3 rings (SSSR count). The summed E-state index contributed by atoms with van der Waals surface area (Å²) in [5.74, 6) is -0.526. The second kappa shape index (κ2) is 8.21. The first kappa shape index (κ1) is 17.5. The van der Waals surface area contributed by atoms with Crippen LogP contribution in [0.25, 0.3) is 0 Å². The molecule has 1 atom stereocenters. The van der Waals surface area contributed by atoms with E-state index < -0.39 is 0 Å². The number of carbonyl (C=O) groups is 1. The standard InChI is InChI=1S/C20H22F2N2O/c21-18-7-3-15(4-8-18)12-23-20(25)17-2-1-11-24(14-17)13-16-5-9-19(22)10-6-16/h3-10,17H,1-2,11-14H2,(H,23,25). The van der Waals surface area contributed by atoms with Gasteiger partial charge in [-0.1, -0.05) is 24.3 Å². The summed E-state index contributed by atoms with van der Waals surface area (Å²) in [7, 11) is 0. The lowest BCUT2D eigenvalue weighted by Gasteiger charge is -2.32. The largest absolute Gasteiger partial charge is 0.352 e. The van der Waals surface area contributed by atoms with Crippen molar-refractivity contribution in [1.82, 2.24) is 10.2 Å². The average Bonchev–Trinajstić information content (AvgIpc) is 2.63. The highest BCUT2D eigenvalue weighted by Crippen LogP contribution is 2.19. The Morgan fingerprint density at radius 2 is 1.60 bits per heavy atom. The number of piperidine rings is 1. The van der Waals surface area contributed by atoms with Gasteiger partial charge in [-0.2, -0.15) is 0 Å². The van der Waals surface area contributed by atoms with Gasteiger partial charge in [-0.25, -0.2) is 8.78 Å². The van der Waals surface area contributed by atoms with Crippen LogP contribution in [0.5, 0.6) is 0 Å². The van der Waals surface area contributed by atoms with Crippen molar-refractivity contribution in [2.75, 3.05) is 13.1 Å². The molecule has 1 saturated heterocycles. The summed E-state index contributed by atoms with van der Waals surface area (Å²) in [5.41, 5.74) is 1.93. The Morgan fingerprint density at radius 1 is 1.00 bits per heavy atom. The number of halogens is 2. The lowest BCUT2D eigenvalue weighted by molar-refractivity contribution is -0.126. The Balaban J connectivity index is 1.50. The molecule has 1 unspecified atom stereocenters. The minimum atomic E-state index is -0.279. The molecule has 0 spiro atoms. The maximum absolute atomic E-state index is 13.0. The smallest absolute Gasteiger partial charge is 0.224 e. The molecule has 0 aliphatic carbocycles. The molecule has 25 heavy (non-hydrogen) atoms. The van der Waals surface area contributed by atoms with Crippen LogP contribution in [0.4, 0.5) is 8.78 Å². The highest BCUT2D eigenvalue weighted by Gasteiger charge is 2.25. The number of amides is 1. The fourth-order valence-corrected chi connectivity index (χ4v) is 3.20. The van der Waals surface area contributed by atoms with Crippen molar-refractivity contribution >= 4 is 5.91 Å². The summed E-state index contributed by atoms with van der Waals surface area (Å²) in [6.45, 7) is 2.78. The maximum atomic E-state index is 13.0. The third kappa shape index (κ3) is 5.10. The highest BCUT2D eigenvalue weighted by molar-refractivity contribution is 5.78. The Bertz CT molecular complexity index is 701. The number of hydrogen-bond donors (Lipinski definition) is 1. The second-order valence-corrected chi connectivity index (χ2v) is 6.55. The SMILES string of the molecule is O=C(NCc1ccc(F)cc1)C1CCCN(Cc2ccc(F)cc2)C1. The summed E-state index contributed by atoms with van der Waals surface area (Å²) in [6, 6.07) is 12.6. The van der Waals surface area contributed by atoms with Gasteiger partial charge < -0.3 is 5.32 Å². The summed E-state index contributed by atoms with van der Waals surface area (Å²) in [4.78, 5) is 14.7. The Morgan fingerprint density at radius 3 is 2.24 bits per heavy atom. The van der Waals surface area contributed by atoms with Crippen molar-refractivity contribution in [3.05, 3.63) is 71.3 Å². The fraction of sp³-hybridized carbons (Fsp3) is 0.350. The number of nitrogens with one attached hydrogen (secondary N) is 1. The van der Waals surface area contributed by atoms with E-state index in [1.54, 1.807) is 24.3 Å². The zero-order valence-corrected chi connectivity index (χ0v) is 14.1. The first-order valence-corrected chi connectivity index (χ1v) is 8.59. The maximum Gasteiger partial charge on any atom is 0.224 e. The molecule has 2 aromatic rings. The van der Waals surface area contributed by atoms with E-state index in [2.05, 4.69) is 10.2 Å². The summed E-state index contributed by atoms with van der Waals surface area (Å²) in [5, 5.41) is 2.94. The second-order valence-electron chi connectivity index (χ2n) is 6.55. The molecule has 1 heterocycles. The van der Waals surface area contributed by atoms with E-state index in [-0.39, 0.29) is 23.5 Å². The molecule has 1 fully saturated rings. The highest BCUT2D eigenvalue weighted by atomic mass is 19.1. The van der Waals surface area contributed by atoms with E-state index in [1.807, 2.05) is 0 Å². The zero-order valence-electron chi connectivity index (χ0n) is 14.1. The minimum Gasteiger partial charge on any atom is -0.352 e. The van der Waals surface area contributed by atoms with Gasteiger partial charge in [0.1, 0.15) is 11.6 Å². The van der Waals surface area contributed by atoms with Crippen LogP contribution in [0.3, 0.4) is 0 Å². The van der Waals surface area contributed by atoms with Crippen LogP contribution in [0.2, 0.25) is 0 Å². The summed E-state index contributed by atoms with van der Waals surface area (Å²) < 4.78 is 25.9. The van der Waals surface area contributed by atoms with Gasteiger partial charge in [-0.05, 0) is 54.8 Å². The van der Waals surface area contributed by atoms with Crippen molar-refractivity contribution < 1.29 is 13.6 Å². The molecule has 2 aromatic carbocycles. The van der Waals surface area contributed by atoms with Gasteiger partial charge in [0.2, 0.25) is 5.91 Å². The third-order valence-electron chi connectivity index (χ3n) is 4.58. The van der Waals surface area contributed by atoms with Crippen molar-refractivity contribution in [3.63, 3.8) is 0 Å². The average molecular weight is 344 g/mol. The number of benzene rings is 2. The molecule has 1 aliphatic heterocycles.